The molecule has 0 saturated carbocycles. The SMILES string of the molecule is COC(=O)c1c(C)nc(C)c(C(=O)OC)c1Cc1ccccc1. The number of hydrogen-bond acceptors (Lipinski definition) is 5. The van der Waals surface area contributed by atoms with Crippen LogP contribution in [0.3, 0.4) is 0 Å². The number of ether oxygens (including phenoxy) is 2. The summed E-state index contributed by atoms with van der Waals surface area (Å²) in [6.07, 6.45) is 0.417. The van der Waals surface area contributed by atoms with Crippen LogP contribution in [0.2, 0.25) is 0 Å². The van der Waals surface area contributed by atoms with E-state index in [-0.39, 0.29) is 0 Å². The summed E-state index contributed by atoms with van der Waals surface area (Å²) in [5, 5.41) is 0. The monoisotopic (exact) mass is 313 g/mol. The molecule has 0 radical (unpaired) electrons. The first-order valence-corrected chi connectivity index (χ1v) is 7.20. The standard InChI is InChI=1S/C18H19NO4/c1-11-15(17(20)22-3)14(10-13-8-6-5-7-9-13)16(12(2)19-11)18(21)23-4/h5-9H,10H2,1-4H3. The van der Waals surface area contributed by atoms with Gasteiger partial charge in [-0.2, -0.15) is 0 Å². The number of aromatic nitrogens is 1. The van der Waals surface area contributed by atoms with Crippen molar-refractivity contribution in [3.05, 3.63) is 64.0 Å². The molecule has 1 aromatic carbocycles. The van der Waals surface area contributed by atoms with Gasteiger partial charge in [0.25, 0.3) is 0 Å². The molecule has 0 bridgehead atoms. The second-order valence-corrected chi connectivity index (χ2v) is 5.16. The fourth-order valence-corrected chi connectivity index (χ4v) is 2.65. The van der Waals surface area contributed by atoms with Gasteiger partial charge in [0.15, 0.2) is 0 Å². The number of carbonyl (C=O) groups is 2. The predicted molar refractivity (Wildman–Crippen MR) is 85.6 cm³/mol. The predicted octanol–water partition coefficient (Wildman–Crippen LogP) is 2.86. The molecule has 0 aliphatic rings. The van der Waals surface area contributed by atoms with E-state index in [1.165, 1.54) is 14.2 Å². The maximum absolute atomic E-state index is 12.2. The Balaban J connectivity index is 2.71. The lowest BCUT2D eigenvalue weighted by Gasteiger charge is -2.16. The van der Waals surface area contributed by atoms with Gasteiger partial charge in [0.05, 0.1) is 36.7 Å². The van der Waals surface area contributed by atoms with Crippen molar-refractivity contribution in [2.45, 2.75) is 20.3 Å². The third-order valence-corrected chi connectivity index (χ3v) is 3.67. The summed E-state index contributed by atoms with van der Waals surface area (Å²) in [5.41, 5.74) is 3.28. The Labute approximate surface area is 135 Å². The van der Waals surface area contributed by atoms with Crippen LogP contribution in [-0.2, 0) is 15.9 Å². The highest BCUT2D eigenvalue weighted by molar-refractivity contribution is 5.99. The van der Waals surface area contributed by atoms with Gasteiger partial charge in [-0.15, -0.1) is 0 Å². The minimum Gasteiger partial charge on any atom is -0.465 e. The number of aryl methyl sites for hydroxylation is 2. The molecule has 23 heavy (non-hydrogen) atoms. The van der Waals surface area contributed by atoms with E-state index < -0.39 is 11.9 Å². The van der Waals surface area contributed by atoms with Gasteiger partial charge in [0.2, 0.25) is 0 Å². The summed E-state index contributed by atoms with van der Waals surface area (Å²) in [6.45, 7) is 3.46. The molecule has 5 heteroatoms. The molecule has 1 heterocycles. The van der Waals surface area contributed by atoms with Gasteiger partial charge in [0, 0.05) is 0 Å². The smallest absolute Gasteiger partial charge is 0.340 e. The highest BCUT2D eigenvalue weighted by atomic mass is 16.5. The zero-order chi connectivity index (χ0) is 17.0. The van der Waals surface area contributed by atoms with Crippen LogP contribution in [0, 0.1) is 13.8 Å². The first-order chi connectivity index (χ1) is 11.0. The van der Waals surface area contributed by atoms with E-state index in [1.807, 2.05) is 30.3 Å². The third-order valence-electron chi connectivity index (χ3n) is 3.67. The molecule has 1 aromatic heterocycles. The Bertz CT molecular complexity index is 698. The van der Waals surface area contributed by atoms with E-state index in [4.69, 9.17) is 9.47 Å². The molecule has 2 rings (SSSR count). The van der Waals surface area contributed by atoms with E-state index in [1.54, 1.807) is 13.8 Å². The number of methoxy groups -OCH3 is 2. The van der Waals surface area contributed by atoms with Crippen LogP contribution in [0.15, 0.2) is 30.3 Å². The fraction of sp³-hybridized carbons (Fsp3) is 0.278. The Kier molecular flexibility index (Phi) is 5.11. The molecule has 5 nitrogen and oxygen atoms in total. The van der Waals surface area contributed by atoms with E-state index in [2.05, 4.69) is 4.98 Å². The molecule has 2 aromatic rings. The molecule has 0 fully saturated rings. The summed E-state index contributed by atoms with van der Waals surface area (Å²) in [7, 11) is 2.62. The summed E-state index contributed by atoms with van der Waals surface area (Å²) < 4.78 is 9.75. The van der Waals surface area contributed by atoms with Gasteiger partial charge >= 0.3 is 11.9 Å². The summed E-state index contributed by atoms with van der Waals surface area (Å²) in [4.78, 5) is 28.7. The lowest BCUT2D eigenvalue weighted by Crippen LogP contribution is -2.18. The third kappa shape index (κ3) is 3.39. The van der Waals surface area contributed by atoms with Crippen molar-refractivity contribution in [3.8, 4) is 0 Å². The zero-order valence-corrected chi connectivity index (χ0v) is 13.7. The minimum atomic E-state index is -0.508. The van der Waals surface area contributed by atoms with E-state index in [9.17, 15) is 9.59 Å². The van der Waals surface area contributed by atoms with Crippen LogP contribution >= 0.6 is 0 Å². The maximum atomic E-state index is 12.2. The highest BCUT2D eigenvalue weighted by Gasteiger charge is 2.26. The van der Waals surface area contributed by atoms with Crippen LogP contribution in [-0.4, -0.2) is 31.1 Å². The maximum Gasteiger partial charge on any atom is 0.340 e. The number of hydrogen-bond donors (Lipinski definition) is 0. The van der Waals surface area contributed by atoms with Gasteiger partial charge in [-0.05, 0) is 31.4 Å². The number of rotatable bonds is 4. The Morgan fingerprint density at radius 3 is 1.83 bits per heavy atom. The quantitative estimate of drug-likeness (QED) is 0.812. The molecule has 0 saturated heterocycles. The lowest BCUT2D eigenvalue weighted by molar-refractivity contribution is 0.0595. The van der Waals surface area contributed by atoms with Crippen molar-refractivity contribution in [1.29, 1.82) is 0 Å². The second-order valence-electron chi connectivity index (χ2n) is 5.16. The molecule has 0 unspecified atom stereocenters. The van der Waals surface area contributed by atoms with E-state index in [0.29, 0.717) is 34.5 Å². The van der Waals surface area contributed by atoms with Crippen molar-refractivity contribution in [2.24, 2.45) is 0 Å². The fourth-order valence-electron chi connectivity index (χ4n) is 2.65. The van der Waals surface area contributed by atoms with Crippen LogP contribution in [0.4, 0.5) is 0 Å². The van der Waals surface area contributed by atoms with E-state index >= 15 is 0 Å². The van der Waals surface area contributed by atoms with Crippen molar-refractivity contribution in [3.63, 3.8) is 0 Å². The number of carbonyl (C=O) groups excluding carboxylic acids is 2. The van der Waals surface area contributed by atoms with Gasteiger partial charge in [0.1, 0.15) is 0 Å². The molecule has 0 spiro atoms. The van der Waals surface area contributed by atoms with Crippen LogP contribution in [0.5, 0.6) is 0 Å². The molecule has 0 aliphatic heterocycles. The van der Waals surface area contributed by atoms with Crippen LogP contribution < -0.4 is 0 Å². The summed E-state index contributed by atoms with van der Waals surface area (Å²) in [5.74, 6) is -1.02. The Morgan fingerprint density at radius 2 is 1.39 bits per heavy atom. The van der Waals surface area contributed by atoms with Crippen LogP contribution in [0.1, 0.15) is 43.2 Å². The molecule has 0 N–H and O–H groups in total. The first-order valence-electron chi connectivity index (χ1n) is 7.20. The normalized spacial score (nSPS) is 10.3. The van der Waals surface area contributed by atoms with Gasteiger partial charge < -0.3 is 9.47 Å². The molecular formula is C18H19NO4. The average Bonchev–Trinajstić information content (AvgIpc) is 2.54. The van der Waals surface area contributed by atoms with Crippen molar-refractivity contribution < 1.29 is 19.1 Å². The number of benzene rings is 1. The highest BCUT2D eigenvalue weighted by Crippen LogP contribution is 2.25. The number of nitrogens with zero attached hydrogens (tertiary/aromatic N) is 1. The largest absolute Gasteiger partial charge is 0.465 e. The summed E-state index contributed by atoms with van der Waals surface area (Å²) >= 11 is 0. The van der Waals surface area contributed by atoms with Gasteiger partial charge in [-0.25, -0.2) is 9.59 Å². The summed E-state index contributed by atoms with van der Waals surface area (Å²) in [6, 6.07) is 9.60. The lowest BCUT2D eigenvalue weighted by atomic mass is 9.93. The molecule has 0 aliphatic carbocycles. The van der Waals surface area contributed by atoms with Gasteiger partial charge in [-0.1, -0.05) is 30.3 Å². The average molecular weight is 313 g/mol. The Morgan fingerprint density at radius 1 is 0.913 bits per heavy atom. The first kappa shape index (κ1) is 16.7. The zero-order valence-electron chi connectivity index (χ0n) is 13.7. The molecule has 0 amide bonds. The van der Waals surface area contributed by atoms with Crippen LogP contribution in [0.25, 0.3) is 0 Å². The second kappa shape index (κ2) is 7.05. The number of pyridine rings is 1. The molecular weight excluding hydrogens is 294 g/mol. The number of esters is 2. The van der Waals surface area contributed by atoms with Crippen molar-refractivity contribution in [2.75, 3.05) is 14.2 Å². The topological polar surface area (TPSA) is 65.5 Å². The molecule has 0 atom stereocenters. The molecule has 120 valence electrons. The minimum absolute atomic E-state index is 0.322. The van der Waals surface area contributed by atoms with Gasteiger partial charge in [-0.3, -0.25) is 4.98 Å². The van der Waals surface area contributed by atoms with Crippen molar-refractivity contribution >= 4 is 11.9 Å². The van der Waals surface area contributed by atoms with Crippen molar-refractivity contribution in [1.82, 2.24) is 4.98 Å². The Hall–Kier alpha value is -2.69. The van der Waals surface area contributed by atoms with E-state index in [0.717, 1.165) is 5.56 Å².